The summed E-state index contributed by atoms with van der Waals surface area (Å²) in [7, 11) is 1.50. The van der Waals surface area contributed by atoms with Gasteiger partial charge in [-0.2, -0.15) is 0 Å². The van der Waals surface area contributed by atoms with Crippen LogP contribution >= 0.6 is 0 Å². The van der Waals surface area contributed by atoms with Crippen LogP contribution in [0.15, 0.2) is 0 Å². The molecule has 0 rings (SSSR count). The minimum Gasteiger partial charge on any atom is -0.444 e. The first-order chi connectivity index (χ1) is 7.76. The fraction of sp³-hybridized carbons (Fsp3) is 0.667. The maximum Gasteiger partial charge on any atom is 0.408 e. The van der Waals surface area contributed by atoms with Crippen LogP contribution in [0.5, 0.6) is 0 Å². The van der Waals surface area contributed by atoms with Gasteiger partial charge in [-0.15, -0.1) is 12.3 Å². The van der Waals surface area contributed by atoms with Crippen LogP contribution in [0.3, 0.4) is 0 Å². The number of likely N-dealkylation sites (N-methyl/N-ethyl adjacent to an activating group) is 1. The van der Waals surface area contributed by atoms with Crippen molar-refractivity contribution in [3.05, 3.63) is 0 Å². The summed E-state index contributed by atoms with van der Waals surface area (Å²) in [6.07, 6.45) is 5.04. The summed E-state index contributed by atoms with van der Waals surface area (Å²) in [5, 5.41) is 4.69. The number of alkyl carbamates (subject to hydrolysis) is 1. The van der Waals surface area contributed by atoms with Gasteiger partial charge in [-0.1, -0.05) is 6.92 Å². The zero-order valence-electron chi connectivity index (χ0n) is 11.2. The molecule has 2 N–H and O–H groups in total. The maximum absolute atomic E-state index is 11.0. The molecule has 0 atom stereocenters. The first-order valence-corrected chi connectivity index (χ1v) is 5.37. The van der Waals surface area contributed by atoms with Crippen LogP contribution in [-0.4, -0.2) is 31.2 Å². The van der Waals surface area contributed by atoms with Crippen LogP contribution in [0.25, 0.3) is 0 Å². The second-order valence-corrected chi connectivity index (χ2v) is 4.09. The zero-order chi connectivity index (χ0) is 13.9. The second kappa shape index (κ2) is 9.52. The molecule has 0 aliphatic rings. The number of hydrogen-bond acceptors (Lipinski definition) is 3. The fourth-order valence-corrected chi connectivity index (χ4v) is 0.555. The van der Waals surface area contributed by atoms with Crippen molar-refractivity contribution in [3.8, 4) is 12.3 Å². The Balaban J connectivity index is 0. The number of terminal acetylenes is 1. The summed E-state index contributed by atoms with van der Waals surface area (Å²) in [5.41, 5.74) is -0.535. The first kappa shape index (κ1) is 17.7. The lowest BCUT2D eigenvalue weighted by molar-refractivity contribution is -0.119. The van der Waals surface area contributed by atoms with Crippen LogP contribution in [0.1, 0.15) is 34.1 Å². The summed E-state index contributed by atoms with van der Waals surface area (Å²) in [4.78, 5) is 21.7. The molecule has 0 aromatic rings. The molecule has 0 fully saturated rings. The molecule has 0 heterocycles. The van der Waals surface area contributed by atoms with E-state index in [-0.39, 0.29) is 12.5 Å². The highest BCUT2D eigenvalue weighted by molar-refractivity contribution is 5.81. The molecule has 0 aliphatic heterocycles. The Morgan fingerprint density at radius 3 is 2.12 bits per heavy atom. The van der Waals surface area contributed by atoms with Crippen molar-refractivity contribution in [1.29, 1.82) is 0 Å². The van der Waals surface area contributed by atoms with Gasteiger partial charge >= 0.3 is 6.09 Å². The van der Waals surface area contributed by atoms with Crippen molar-refractivity contribution >= 4 is 12.0 Å². The van der Waals surface area contributed by atoms with Crippen LogP contribution in [0, 0.1) is 12.3 Å². The summed E-state index contributed by atoms with van der Waals surface area (Å²) in [6, 6.07) is 0. The van der Waals surface area contributed by atoms with Gasteiger partial charge in [-0.3, -0.25) is 4.79 Å². The predicted octanol–water partition coefficient (Wildman–Crippen LogP) is 1.29. The van der Waals surface area contributed by atoms with E-state index in [9.17, 15) is 9.59 Å². The van der Waals surface area contributed by atoms with Gasteiger partial charge < -0.3 is 15.4 Å². The smallest absolute Gasteiger partial charge is 0.408 e. The molecule has 0 bridgehead atoms. The third-order valence-corrected chi connectivity index (χ3v) is 1.28. The van der Waals surface area contributed by atoms with Gasteiger partial charge in [0.1, 0.15) is 5.60 Å². The molecule has 0 aromatic carbocycles. The molecule has 0 aliphatic carbocycles. The van der Waals surface area contributed by atoms with Crippen LogP contribution in [0.2, 0.25) is 0 Å². The fourth-order valence-electron chi connectivity index (χ4n) is 0.555. The van der Waals surface area contributed by atoms with E-state index >= 15 is 0 Å². The standard InChI is InChI=1S/C8H16N2O3.C4H6/c1-8(2,3)13-7(12)10-5-6(11)9-4;1-3-4-2/h5H2,1-4H3,(H,9,11)(H,10,12);1H,4H2,2H3. The average molecular weight is 242 g/mol. The third-order valence-electron chi connectivity index (χ3n) is 1.28. The Hall–Kier alpha value is -1.70. The second-order valence-electron chi connectivity index (χ2n) is 4.09. The molecule has 5 heteroatoms. The van der Waals surface area contributed by atoms with E-state index in [1.807, 2.05) is 6.92 Å². The number of nitrogens with one attached hydrogen (secondary N) is 2. The lowest BCUT2D eigenvalue weighted by Crippen LogP contribution is -2.38. The molecule has 0 spiro atoms. The Kier molecular flexibility index (Phi) is 9.91. The van der Waals surface area contributed by atoms with Crippen LogP contribution < -0.4 is 10.6 Å². The number of carbonyl (C=O) groups excluding carboxylic acids is 2. The van der Waals surface area contributed by atoms with E-state index in [1.54, 1.807) is 20.8 Å². The number of rotatable bonds is 2. The van der Waals surface area contributed by atoms with E-state index in [4.69, 9.17) is 11.2 Å². The van der Waals surface area contributed by atoms with Crippen molar-refractivity contribution < 1.29 is 14.3 Å². The maximum atomic E-state index is 11.0. The molecule has 5 nitrogen and oxygen atoms in total. The Bertz CT molecular complexity index is 274. The van der Waals surface area contributed by atoms with Crippen molar-refractivity contribution in [1.82, 2.24) is 10.6 Å². The van der Waals surface area contributed by atoms with Gasteiger partial charge in [-0.05, 0) is 20.8 Å². The highest BCUT2D eigenvalue weighted by Gasteiger charge is 2.15. The lowest BCUT2D eigenvalue weighted by Gasteiger charge is -2.19. The van der Waals surface area contributed by atoms with Crippen molar-refractivity contribution in [2.75, 3.05) is 13.6 Å². The predicted molar refractivity (Wildman–Crippen MR) is 67.4 cm³/mol. The molecule has 98 valence electrons. The summed E-state index contributed by atoms with van der Waals surface area (Å²) in [6.45, 7) is 7.15. The first-order valence-electron chi connectivity index (χ1n) is 5.37. The van der Waals surface area contributed by atoms with Gasteiger partial charge in [-0.25, -0.2) is 4.79 Å². The van der Waals surface area contributed by atoms with E-state index in [2.05, 4.69) is 16.6 Å². The third kappa shape index (κ3) is 16.9. The minimum atomic E-state index is -0.587. The monoisotopic (exact) mass is 242 g/mol. The van der Waals surface area contributed by atoms with E-state index in [0.717, 1.165) is 6.42 Å². The topological polar surface area (TPSA) is 67.4 Å². The number of hydrogen-bond donors (Lipinski definition) is 2. The van der Waals surface area contributed by atoms with Crippen molar-refractivity contribution in [2.45, 2.75) is 39.7 Å². The summed E-state index contributed by atoms with van der Waals surface area (Å²) in [5.74, 6) is 2.17. The largest absolute Gasteiger partial charge is 0.444 e. The quantitative estimate of drug-likeness (QED) is 0.717. The lowest BCUT2D eigenvalue weighted by atomic mass is 10.2. The minimum absolute atomic E-state index is 0.0641. The van der Waals surface area contributed by atoms with Crippen LogP contribution in [0.4, 0.5) is 4.79 Å². The Morgan fingerprint density at radius 1 is 1.35 bits per heavy atom. The average Bonchev–Trinajstić information content (AvgIpc) is 2.24. The SMILES string of the molecule is C#CCC.CNC(=O)CNC(=O)OC(C)(C)C. The van der Waals surface area contributed by atoms with Gasteiger partial charge in [0.25, 0.3) is 0 Å². The number of ether oxygens (including phenoxy) is 1. The van der Waals surface area contributed by atoms with Crippen LogP contribution in [-0.2, 0) is 9.53 Å². The normalized spacial score (nSPS) is 9.18. The summed E-state index contributed by atoms with van der Waals surface area (Å²) < 4.78 is 4.90. The highest BCUT2D eigenvalue weighted by Crippen LogP contribution is 2.05. The molecule has 0 saturated heterocycles. The molecular formula is C12H22N2O3. The van der Waals surface area contributed by atoms with Gasteiger partial charge in [0, 0.05) is 13.5 Å². The zero-order valence-corrected chi connectivity index (χ0v) is 11.2. The number of amides is 2. The molecule has 2 amide bonds. The molecular weight excluding hydrogens is 220 g/mol. The summed E-state index contributed by atoms with van der Waals surface area (Å²) >= 11 is 0. The van der Waals surface area contributed by atoms with E-state index in [1.165, 1.54) is 7.05 Å². The van der Waals surface area contributed by atoms with Gasteiger partial charge in [0.05, 0.1) is 6.54 Å². The molecule has 0 aromatic heterocycles. The molecule has 0 unspecified atom stereocenters. The number of carbonyl (C=O) groups is 2. The Labute approximate surface area is 103 Å². The molecule has 0 radical (unpaired) electrons. The van der Waals surface area contributed by atoms with Crippen molar-refractivity contribution in [2.24, 2.45) is 0 Å². The van der Waals surface area contributed by atoms with Gasteiger partial charge in [0.15, 0.2) is 0 Å². The van der Waals surface area contributed by atoms with E-state index < -0.39 is 11.7 Å². The van der Waals surface area contributed by atoms with Crippen molar-refractivity contribution in [3.63, 3.8) is 0 Å². The highest BCUT2D eigenvalue weighted by atomic mass is 16.6. The Morgan fingerprint density at radius 2 is 1.82 bits per heavy atom. The molecule has 0 saturated carbocycles. The molecule has 17 heavy (non-hydrogen) atoms. The van der Waals surface area contributed by atoms with E-state index in [0.29, 0.717) is 0 Å². The van der Waals surface area contributed by atoms with Gasteiger partial charge in [0.2, 0.25) is 5.91 Å².